The summed E-state index contributed by atoms with van der Waals surface area (Å²) in [5, 5.41) is 19.3. The van der Waals surface area contributed by atoms with Crippen molar-refractivity contribution in [3.8, 4) is 0 Å². The van der Waals surface area contributed by atoms with Crippen molar-refractivity contribution in [2.45, 2.75) is 32.2 Å². The van der Waals surface area contributed by atoms with Gasteiger partial charge >= 0.3 is 5.69 Å². The molecule has 0 N–H and O–H groups in total. The van der Waals surface area contributed by atoms with Crippen molar-refractivity contribution >= 4 is 21.6 Å². The lowest BCUT2D eigenvalue weighted by Crippen LogP contribution is -2.51. The summed E-state index contributed by atoms with van der Waals surface area (Å²) in [7, 11) is -1.99. The maximum atomic E-state index is 12.8. The minimum Gasteiger partial charge on any atom is -0.340 e. The van der Waals surface area contributed by atoms with Gasteiger partial charge in [0.2, 0.25) is 15.9 Å². The quantitative estimate of drug-likeness (QED) is 0.467. The first kappa shape index (κ1) is 21.9. The van der Waals surface area contributed by atoms with E-state index in [2.05, 4.69) is 10.2 Å². The van der Waals surface area contributed by atoms with E-state index in [4.69, 9.17) is 0 Å². The minimum atomic E-state index is -3.64. The second-order valence-electron chi connectivity index (χ2n) is 7.44. The van der Waals surface area contributed by atoms with E-state index in [0.717, 1.165) is 0 Å². The number of hydrogen-bond acceptors (Lipinski definition) is 7. The van der Waals surface area contributed by atoms with Gasteiger partial charge in [-0.05, 0) is 13.8 Å². The van der Waals surface area contributed by atoms with Crippen LogP contribution < -0.4 is 0 Å². The molecule has 1 fully saturated rings. The van der Waals surface area contributed by atoms with Gasteiger partial charge in [-0.25, -0.2) is 8.42 Å². The summed E-state index contributed by atoms with van der Waals surface area (Å²) < 4.78 is 29.6. The molecule has 0 aromatic carbocycles. The molecule has 30 heavy (non-hydrogen) atoms. The van der Waals surface area contributed by atoms with Gasteiger partial charge in [0, 0.05) is 39.4 Å². The molecule has 164 valence electrons. The summed E-state index contributed by atoms with van der Waals surface area (Å²) in [4.78, 5) is 25.3. The van der Waals surface area contributed by atoms with Gasteiger partial charge < -0.3 is 4.90 Å². The van der Waals surface area contributed by atoms with Crippen LogP contribution in [-0.4, -0.2) is 74.2 Å². The maximum absolute atomic E-state index is 12.8. The smallest absolute Gasteiger partial charge is 0.312 e. The molecule has 1 saturated heterocycles. The number of nitrogens with zero attached hydrogens (tertiary/aromatic N) is 7. The molecule has 12 nitrogen and oxygen atoms in total. The first-order valence-electron chi connectivity index (χ1n) is 9.48. The highest BCUT2D eigenvalue weighted by Gasteiger charge is 2.33. The molecule has 1 aliphatic heterocycles. The standard InChI is InChI=1S/C17H25N7O5S/c1-12(10-23-14(3)16(24(26)27)13(2)19-23)17(25)21-5-7-22(8-6-21)30(28,29)15-9-18-20(4)11-15/h9,11-12H,5-8,10H2,1-4H3. The Bertz CT molecular complexity index is 1070. The van der Waals surface area contributed by atoms with E-state index in [1.807, 2.05) is 0 Å². The zero-order chi connectivity index (χ0) is 22.2. The predicted molar refractivity (Wildman–Crippen MR) is 106 cm³/mol. The Labute approximate surface area is 174 Å². The fourth-order valence-corrected chi connectivity index (χ4v) is 5.02. The third-order valence-corrected chi connectivity index (χ3v) is 7.12. The van der Waals surface area contributed by atoms with Crippen molar-refractivity contribution in [3.63, 3.8) is 0 Å². The predicted octanol–water partition coefficient (Wildman–Crippen LogP) is 0.311. The molecule has 0 bridgehead atoms. The van der Waals surface area contributed by atoms with Gasteiger partial charge in [-0.1, -0.05) is 6.92 Å². The molecule has 0 spiro atoms. The summed E-state index contributed by atoms with van der Waals surface area (Å²) in [6.07, 6.45) is 2.76. The van der Waals surface area contributed by atoms with Crippen LogP contribution in [0, 0.1) is 29.9 Å². The Morgan fingerprint density at radius 1 is 1.27 bits per heavy atom. The van der Waals surface area contributed by atoms with E-state index < -0.39 is 20.9 Å². The van der Waals surface area contributed by atoms with Gasteiger partial charge in [-0.2, -0.15) is 14.5 Å². The number of hydrogen-bond donors (Lipinski definition) is 0. The number of aromatic nitrogens is 4. The molecule has 2 aromatic heterocycles. The highest BCUT2D eigenvalue weighted by Crippen LogP contribution is 2.23. The van der Waals surface area contributed by atoms with Crippen LogP contribution in [0.4, 0.5) is 5.69 Å². The third-order valence-electron chi connectivity index (χ3n) is 5.26. The van der Waals surface area contributed by atoms with E-state index in [-0.39, 0.29) is 49.2 Å². The molecule has 0 radical (unpaired) electrons. The van der Waals surface area contributed by atoms with Crippen LogP contribution in [0.5, 0.6) is 0 Å². The van der Waals surface area contributed by atoms with Gasteiger partial charge in [0.15, 0.2) is 0 Å². The van der Waals surface area contributed by atoms with Crippen LogP contribution >= 0.6 is 0 Å². The van der Waals surface area contributed by atoms with Crippen molar-refractivity contribution in [1.82, 2.24) is 28.8 Å². The van der Waals surface area contributed by atoms with Crippen molar-refractivity contribution in [2.24, 2.45) is 13.0 Å². The first-order chi connectivity index (χ1) is 14.0. The van der Waals surface area contributed by atoms with Crippen LogP contribution in [0.1, 0.15) is 18.3 Å². The molecule has 2 aromatic rings. The monoisotopic (exact) mass is 439 g/mol. The average Bonchev–Trinajstić information content (AvgIpc) is 3.24. The molecule has 3 heterocycles. The zero-order valence-electron chi connectivity index (χ0n) is 17.3. The highest BCUT2D eigenvalue weighted by molar-refractivity contribution is 7.89. The third kappa shape index (κ3) is 4.07. The Hall–Kier alpha value is -2.80. The number of nitro groups is 1. The number of carbonyl (C=O) groups is 1. The van der Waals surface area contributed by atoms with E-state index in [9.17, 15) is 23.3 Å². The van der Waals surface area contributed by atoms with Crippen molar-refractivity contribution in [2.75, 3.05) is 26.2 Å². The molecule has 0 aliphatic carbocycles. The number of piperazine rings is 1. The molecule has 0 saturated carbocycles. The van der Waals surface area contributed by atoms with Crippen LogP contribution in [0.15, 0.2) is 17.3 Å². The SMILES string of the molecule is Cc1nn(CC(C)C(=O)N2CCN(S(=O)(=O)c3cnn(C)c3)CC2)c(C)c1[N+](=O)[O-]. The largest absolute Gasteiger partial charge is 0.340 e. The lowest BCUT2D eigenvalue weighted by atomic mass is 10.1. The fraction of sp³-hybridized carbons (Fsp3) is 0.588. The van der Waals surface area contributed by atoms with Gasteiger partial charge in [-0.15, -0.1) is 0 Å². The van der Waals surface area contributed by atoms with E-state index in [1.54, 1.807) is 32.7 Å². The molecule has 1 atom stereocenters. The van der Waals surface area contributed by atoms with Gasteiger partial charge in [0.1, 0.15) is 16.3 Å². The van der Waals surface area contributed by atoms with E-state index in [0.29, 0.717) is 11.4 Å². The first-order valence-corrected chi connectivity index (χ1v) is 10.9. The second kappa shape index (κ2) is 8.14. The molecule has 3 rings (SSSR count). The second-order valence-corrected chi connectivity index (χ2v) is 9.38. The average molecular weight is 439 g/mol. The van der Waals surface area contributed by atoms with Gasteiger partial charge in [0.05, 0.1) is 23.6 Å². The van der Waals surface area contributed by atoms with Crippen LogP contribution in [0.2, 0.25) is 0 Å². The zero-order valence-corrected chi connectivity index (χ0v) is 18.2. The normalized spacial score (nSPS) is 16.6. The number of rotatable bonds is 6. The molecule has 1 unspecified atom stereocenters. The summed E-state index contributed by atoms with van der Waals surface area (Å²) in [6.45, 7) is 6.08. The van der Waals surface area contributed by atoms with Crippen LogP contribution in [-0.2, 0) is 28.4 Å². The summed E-state index contributed by atoms with van der Waals surface area (Å²) in [5.41, 5.74) is 0.680. The molecular formula is C17H25N7O5S. The van der Waals surface area contributed by atoms with Gasteiger partial charge in [0.25, 0.3) is 0 Å². The molecule has 1 aliphatic rings. The number of carbonyl (C=O) groups excluding carboxylic acids is 1. The lowest BCUT2D eigenvalue weighted by Gasteiger charge is -2.35. The highest BCUT2D eigenvalue weighted by atomic mass is 32.2. The minimum absolute atomic E-state index is 0.0381. The number of amides is 1. The fourth-order valence-electron chi connectivity index (χ4n) is 3.61. The summed E-state index contributed by atoms with van der Waals surface area (Å²) in [5.74, 6) is -0.590. The molecule has 13 heteroatoms. The number of aryl methyl sites for hydroxylation is 2. The van der Waals surface area contributed by atoms with Crippen LogP contribution in [0.3, 0.4) is 0 Å². The van der Waals surface area contributed by atoms with Crippen molar-refractivity contribution in [3.05, 3.63) is 33.9 Å². The van der Waals surface area contributed by atoms with E-state index in [1.165, 1.54) is 26.1 Å². The van der Waals surface area contributed by atoms with Crippen molar-refractivity contribution in [1.29, 1.82) is 0 Å². The lowest BCUT2D eigenvalue weighted by molar-refractivity contribution is -0.386. The van der Waals surface area contributed by atoms with Crippen molar-refractivity contribution < 1.29 is 18.1 Å². The Balaban J connectivity index is 1.63. The summed E-state index contributed by atoms with van der Waals surface area (Å²) >= 11 is 0. The molecular weight excluding hydrogens is 414 g/mol. The Kier molecular flexibility index (Phi) is 5.94. The van der Waals surface area contributed by atoms with E-state index >= 15 is 0 Å². The Morgan fingerprint density at radius 2 is 1.90 bits per heavy atom. The number of sulfonamides is 1. The topological polar surface area (TPSA) is 136 Å². The molecule has 1 amide bonds. The summed E-state index contributed by atoms with van der Waals surface area (Å²) in [6, 6.07) is 0. The van der Waals surface area contributed by atoms with Crippen LogP contribution in [0.25, 0.3) is 0 Å². The van der Waals surface area contributed by atoms with Gasteiger partial charge in [-0.3, -0.25) is 24.3 Å². The maximum Gasteiger partial charge on any atom is 0.312 e. The Morgan fingerprint density at radius 3 is 2.40 bits per heavy atom.